The van der Waals surface area contributed by atoms with Crippen LogP contribution in [0.1, 0.15) is 11.1 Å². The molecule has 3 aromatic rings. The minimum atomic E-state index is -0.488. The fourth-order valence-corrected chi connectivity index (χ4v) is 3.64. The van der Waals surface area contributed by atoms with E-state index in [0.717, 1.165) is 10.5 Å². The maximum atomic E-state index is 13.7. The molecule has 168 valence electrons. The quantitative estimate of drug-likeness (QED) is 0.544. The Morgan fingerprint density at radius 3 is 1.97 bits per heavy atom. The maximum Gasteiger partial charge on any atom is 0.282 e. The number of anilines is 2. The summed E-state index contributed by atoms with van der Waals surface area (Å²) in [5.74, 6) is 0.625. The highest BCUT2D eigenvalue weighted by Crippen LogP contribution is 2.39. The number of carbonyl (C=O) groups is 2. The Morgan fingerprint density at radius 1 is 0.727 bits per heavy atom. The lowest BCUT2D eigenvalue weighted by Gasteiger charge is -2.19. The summed E-state index contributed by atoms with van der Waals surface area (Å²) in [6.45, 7) is 1.96. The van der Waals surface area contributed by atoms with E-state index in [1.165, 1.54) is 14.2 Å². The van der Waals surface area contributed by atoms with Crippen LogP contribution in [0.3, 0.4) is 0 Å². The van der Waals surface area contributed by atoms with Crippen LogP contribution < -0.4 is 24.4 Å². The van der Waals surface area contributed by atoms with Gasteiger partial charge >= 0.3 is 0 Å². The number of rotatable bonds is 7. The molecule has 0 aliphatic carbocycles. The van der Waals surface area contributed by atoms with Crippen LogP contribution in [0, 0.1) is 6.92 Å². The molecule has 1 aliphatic rings. The number of amides is 2. The van der Waals surface area contributed by atoms with E-state index in [9.17, 15) is 9.59 Å². The van der Waals surface area contributed by atoms with Crippen molar-refractivity contribution in [2.24, 2.45) is 0 Å². The highest BCUT2D eigenvalue weighted by molar-refractivity contribution is 6.46. The summed E-state index contributed by atoms with van der Waals surface area (Å²) >= 11 is 0. The predicted molar refractivity (Wildman–Crippen MR) is 127 cm³/mol. The summed E-state index contributed by atoms with van der Waals surface area (Å²) in [4.78, 5) is 28.4. The molecular formula is C26H24N2O5. The van der Waals surface area contributed by atoms with E-state index in [0.29, 0.717) is 34.2 Å². The lowest BCUT2D eigenvalue weighted by atomic mass is 10.0. The van der Waals surface area contributed by atoms with Crippen LogP contribution in [-0.4, -0.2) is 33.1 Å². The van der Waals surface area contributed by atoms with Gasteiger partial charge in [-0.3, -0.25) is 9.59 Å². The molecule has 0 atom stereocenters. The van der Waals surface area contributed by atoms with E-state index in [1.54, 1.807) is 49.6 Å². The molecule has 1 heterocycles. The smallest absolute Gasteiger partial charge is 0.282 e. The van der Waals surface area contributed by atoms with Crippen LogP contribution >= 0.6 is 0 Å². The Kier molecular flexibility index (Phi) is 6.04. The number of nitrogens with zero attached hydrogens (tertiary/aromatic N) is 1. The summed E-state index contributed by atoms with van der Waals surface area (Å²) < 4.78 is 15.9. The molecule has 2 amide bonds. The number of hydrogen-bond acceptors (Lipinski definition) is 6. The van der Waals surface area contributed by atoms with Crippen molar-refractivity contribution in [2.45, 2.75) is 6.92 Å². The van der Waals surface area contributed by atoms with E-state index in [1.807, 2.05) is 31.2 Å². The average molecular weight is 444 g/mol. The van der Waals surface area contributed by atoms with E-state index in [2.05, 4.69) is 5.32 Å². The van der Waals surface area contributed by atoms with E-state index in [-0.39, 0.29) is 11.3 Å². The summed E-state index contributed by atoms with van der Waals surface area (Å²) in [6.07, 6.45) is 0. The maximum absolute atomic E-state index is 13.7. The van der Waals surface area contributed by atoms with Gasteiger partial charge in [0.25, 0.3) is 11.8 Å². The van der Waals surface area contributed by atoms with Crippen LogP contribution in [0.25, 0.3) is 5.57 Å². The van der Waals surface area contributed by atoms with Gasteiger partial charge in [-0.2, -0.15) is 0 Å². The molecule has 0 saturated heterocycles. The second-order valence-electron chi connectivity index (χ2n) is 7.45. The number of hydrogen-bond donors (Lipinski definition) is 1. The Hall–Kier alpha value is -4.26. The van der Waals surface area contributed by atoms with Crippen LogP contribution in [0.5, 0.6) is 17.2 Å². The number of nitrogens with one attached hydrogen (secondary N) is 1. The number of methoxy groups -OCH3 is 3. The second kappa shape index (κ2) is 9.08. The molecular weight excluding hydrogens is 420 g/mol. The van der Waals surface area contributed by atoms with Gasteiger partial charge < -0.3 is 19.5 Å². The first kappa shape index (κ1) is 22.0. The van der Waals surface area contributed by atoms with E-state index in [4.69, 9.17) is 14.2 Å². The number of ether oxygens (including phenoxy) is 3. The normalized spacial score (nSPS) is 13.4. The van der Waals surface area contributed by atoms with Gasteiger partial charge in [-0.05, 0) is 48.9 Å². The van der Waals surface area contributed by atoms with Gasteiger partial charge in [0.15, 0.2) is 0 Å². The molecule has 0 fully saturated rings. The second-order valence-corrected chi connectivity index (χ2v) is 7.45. The third kappa shape index (κ3) is 4.13. The van der Waals surface area contributed by atoms with E-state index < -0.39 is 11.8 Å². The van der Waals surface area contributed by atoms with Crippen molar-refractivity contribution in [1.29, 1.82) is 0 Å². The van der Waals surface area contributed by atoms with Crippen molar-refractivity contribution in [1.82, 2.24) is 0 Å². The molecule has 7 nitrogen and oxygen atoms in total. The number of carbonyl (C=O) groups excluding carboxylic acids is 2. The molecule has 1 aliphatic heterocycles. The Bertz CT molecular complexity index is 1230. The van der Waals surface area contributed by atoms with Gasteiger partial charge in [-0.25, -0.2) is 4.90 Å². The zero-order valence-corrected chi connectivity index (χ0v) is 18.8. The van der Waals surface area contributed by atoms with Gasteiger partial charge in [0.1, 0.15) is 22.9 Å². The molecule has 0 radical (unpaired) electrons. The average Bonchev–Trinajstić information content (AvgIpc) is 3.08. The zero-order valence-electron chi connectivity index (χ0n) is 18.8. The van der Waals surface area contributed by atoms with Crippen molar-refractivity contribution >= 4 is 28.8 Å². The Labute approximate surface area is 192 Å². The van der Waals surface area contributed by atoms with E-state index >= 15 is 0 Å². The summed E-state index contributed by atoms with van der Waals surface area (Å²) in [6, 6.07) is 19.6. The molecule has 4 rings (SSSR count). The molecule has 33 heavy (non-hydrogen) atoms. The van der Waals surface area contributed by atoms with Crippen molar-refractivity contribution < 1.29 is 23.8 Å². The third-order valence-corrected chi connectivity index (χ3v) is 5.41. The topological polar surface area (TPSA) is 77.1 Å². The summed E-state index contributed by atoms with van der Waals surface area (Å²) in [7, 11) is 4.59. The van der Waals surface area contributed by atoms with Gasteiger partial charge in [0.2, 0.25) is 0 Å². The van der Waals surface area contributed by atoms with Crippen molar-refractivity contribution in [3.63, 3.8) is 0 Å². The molecule has 0 aromatic heterocycles. The first-order valence-electron chi connectivity index (χ1n) is 10.3. The number of aryl methyl sites for hydroxylation is 1. The standard InChI is InChI=1S/C26H24N2O5/c1-16-5-7-17(8-6-16)23-24(27-18-9-11-19(31-2)12-10-18)26(30)28(25(23)29)21-15-20(32-3)13-14-22(21)33-4/h5-15,27H,1-4H3. The molecule has 3 aromatic carbocycles. The largest absolute Gasteiger partial charge is 0.497 e. The minimum Gasteiger partial charge on any atom is -0.497 e. The number of benzene rings is 3. The molecule has 0 bridgehead atoms. The number of imide groups is 1. The fourth-order valence-electron chi connectivity index (χ4n) is 3.64. The molecule has 0 unspecified atom stereocenters. The highest BCUT2D eigenvalue weighted by atomic mass is 16.5. The molecule has 1 N–H and O–H groups in total. The van der Waals surface area contributed by atoms with Gasteiger partial charge in [-0.15, -0.1) is 0 Å². The van der Waals surface area contributed by atoms with Gasteiger partial charge in [0, 0.05) is 11.8 Å². The van der Waals surface area contributed by atoms with Crippen LogP contribution in [0.2, 0.25) is 0 Å². The first-order valence-corrected chi connectivity index (χ1v) is 10.3. The highest BCUT2D eigenvalue weighted by Gasteiger charge is 2.41. The molecule has 0 saturated carbocycles. The first-order chi connectivity index (χ1) is 16.0. The van der Waals surface area contributed by atoms with Crippen molar-refractivity contribution in [3.05, 3.63) is 83.6 Å². The van der Waals surface area contributed by atoms with Crippen LogP contribution in [-0.2, 0) is 9.59 Å². The van der Waals surface area contributed by atoms with Gasteiger partial charge in [0.05, 0.1) is 32.6 Å². The lowest BCUT2D eigenvalue weighted by molar-refractivity contribution is -0.120. The van der Waals surface area contributed by atoms with Crippen molar-refractivity contribution in [3.8, 4) is 17.2 Å². The predicted octanol–water partition coefficient (Wildman–Crippen LogP) is 4.42. The summed E-state index contributed by atoms with van der Waals surface area (Å²) in [5, 5.41) is 3.14. The minimum absolute atomic E-state index is 0.180. The third-order valence-electron chi connectivity index (χ3n) is 5.41. The van der Waals surface area contributed by atoms with Gasteiger partial charge in [-0.1, -0.05) is 29.8 Å². The summed E-state index contributed by atoms with van der Waals surface area (Å²) in [5.41, 5.74) is 3.10. The molecule has 7 heteroatoms. The monoisotopic (exact) mass is 444 g/mol. The Balaban J connectivity index is 1.83. The SMILES string of the molecule is COc1ccc(NC2=C(c3ccc(C)cc3)C(=O)N(c3cc(OC)ccc3OC)C2=O)cc1. The lowest BCUT2D eigenvalue weighted by Crippen LogP contribution is -2.32. The fraction of sp³-hybridized carbons (Fsp3) is 0.154. The van der Waals surface area contributed by atoms with Crippen LogP contribution in [0.15, 0.2) is 72.4 Å². The van der Waals surface area contributed by atoms with Crippen molar-refractivity contribution in [2.75, 3.05) is 31.5 Å². The molecule has 0 spiro atoms. The van der Waals surface area contributed by atoms with Crippen LogP contribution in [0.4, 0.5) is 11.4 Å². The zero-order chi connectivity index (χ0) is 23.5. The Morgan fingerprint density at radius 2 is 1.36 bits per heavy atom.